The first kappa shape index (κ1) is 20.2. The predicted molar refractivity (Wildman–Crippen MR) is 100 cm³/mol. The van der Waals surface area contributed by atoms with E-state index in [0.717, 1.165) is 12.3 Å². The van der Waals surface area contributed by atoms with Crippen LogP contribution in [0.3, 0.4) is 0 Å². The molecular formula is C22H16F4N2O2. The Balaban J connectivity index is 1.66. The normalized spacial score (nSPS) is 23.2. The first-order valence-electron chi connectivity index (χ1n) is 9.15. The van der Waals surface area contributed by atoms with Crippen molar-refractivity contribution in [1.29, 1.82) is 0 Å². The third kappa shape index (κ3) is 3.37. The molecule has 1 aromatic heterocycles. The van der Waals surface area contributed by atoms with Crippen molar-refractivity contribution in [2.45, 2.75) is 23.7 Å². The summed E-state index contributed by atoms with van der Waals surface area (Å²) in [7, 11) is 0. The average Bonchev–Trinajstić information content (AvgIpc) is 3.40. The molecule has 1 saturated carbocycles. The number of nitrogens with zero attached hydrogens (tertiary/aromatic N) is 2. The lowest BCUT2D eigenvalue weighted by Gasteiger charge is -2.08. The molecule has 0 spiro atoms. The van der Waals surface area contributed by atoms with Gasteiger partial charge in [0.2, 0.25) is 0 Å². The monoisotopic (exact) mass is 416 g/mol. The van der Waals surface area contributed by atoms with E-state index in [-0.39, 0.29) is 5.82 Å². The van der Waals surface area contributed by atoms with Crippen molar-refractivity contribution in [3.8, 4) is 11.4 Å². The quantitative estimate of drug-likeness (QED) is 0.630. The molecule has 4 nitrogen and oxygen atoms in total. The molecule has 3 aromatic rings. The standard InChI is InChI=1S/C22H16F4N2O2/c23-21(17(30)12-29)18(13-4-2-1-3-5-13)19(21)14-6-8-15(9-7-14)20-27-11-10-16(28-20)22(24,25)26/h1-11,18-19,29H,12H2/t18-,19-,21+/m1/s1. The summed E-state index contributed by atoms with van der Waals surface area (Å²) in [5.74, 6) is -2.54. The molecule has 1 aliphatic rings. The van der Waals surface area contributed by atoms with E-state index >= 15 is 4.39 Å². The van der Waals surface area contributed by atoms with Crippen molar-refractivity contribution in [2.75, 3.05) is 6.61 Å². The number of ketones is 1. The molecule has 30 heavy (non-hydrogen) atoms. The number of aliphatic hydroxyl groups excluding tert-OH is 1. The van der Waals surface area contributed by atoms with Crippen LogP contribution >= 0.6 is 0 Å². The summed E-state index contributed by atoms with van der Waals surface area (Å²) in [4.78, 5) is 19.5. The number of hydrogen-bond acceptors (Lipinski definition) is 4. The highest BCUT2D eigenvalue weighted by Crippen LogP contribution is 2.66. The van der Waals surface area contributed by atoms with E-state index in [4.69, 9.17) is 0 Å². The maximum absolute atomic E-state index is 15.5. The van der Waals surface area contributed by atoms with E-state index in [0.29, 0.717) is 16.7 Å². The number of carbonyl (C=O) groups excluding carboxylic acids is 1. The van der Waals surface area contributed by atoms with Crippen LogP contribution < -0.4 is 0 Å². The summed E-state index contributed by atoms with van der Waals surface area (Å²) in [5.41, 5.74) is -1.82. The molecule has 0 unspecified atom stereocenters. The average molecular weight is 416 g/mol. The van der Waals surface area contributed by atoms with E-state index in [1.54, 1.807) is 42.5 Å². The van der Waals surface area contributed by atoms with Crippen molar-refractivity contribution < 1.29 is 27.5 Å². The number of hydrogen-bond donors (Lipinski definition) is 1. The van der Waals surface area contributed by atoms with Gasteiger partial charge in [-0.15, -0.1) is 0 Å². The van der Waals surface area contributed by atoms with Crippen molar-refractivity contribution in [3.05, 3.63) is 83.7 Å². The summed E-state index contributed by atoms with van der Waals surface area (Å²) in [6, 6.07) is 15.6. The first-order valence-corrected chi connectivity index (χ1v) is 9.15. The number of aromatic nitrogens is 2. The van der Waals surface area contributed by atoms with Gasteiger partial charge in [-0.2, -0.15) is 13.2 Å². The lowest BCUT2D eigenvalue weighted by molar-refractivity contribution is -0.141. The van der Waals surface area contributed by atoms with Crippen LogP contribution in [-0.4, -0.2) is 33.1 Å². The zero-order chi connectivity index (χ0) is 21.5. The number of Topliss-reactive ketones (excluding diaryl/α,β-unsaturated/α-hetero) is 1. The van der Waals surface area contributed by atoms with Crippen molar-refractivity contribution in [3.63, 3.8) is 0 Å². The fraction of sp³-hybridized carbons (Fsp3) is 0.227. The second kappa shape index (κ2) is 7.28. The van der Waals surface area contributed by atoms with Crippen molar-refractivity contribution in [1.82, 2.24) is 9.97 Å². The molecule has 8 heteroatoms. The van der Waals surface area contributed by atoms with Crippen LogP contribution in [0.15, 0.2) is 66.9 Å². The van der Waals surface area contributed by atoms with Gasteiger partial charge in [-0.05, 0) is 17.2 Å². The summed E-state index contributed by atoms with van der Waals surface area (Å²) in [6.45, 7) is -0.910. The SMILES string of the molecule is O=C(CO)[C@]1(F)[C@H](c2ccccc2)[C@H]1c1ccc(-c2nccc(C(F)(F)F)n2)cc1. The third-order valence-electron chi connectivity index (χ3n) is 5.33. The first-order chi connectivity index (χ1) is 14.3. The lowest BCUT2D eigenvalue weighted by Crippen LogP contribution is -2.24. The minimum Gasteiger partial charge on any atom is -0.388 e. The van der Waals surface area contributed by atoms with E-state index < -0.39 is 41.8 Å². The van der Waals surface area contributed by atoms with Crippen molar-refractivity contribution in [2.24, 2.45) is 0 Å². The molecule has 154 valence electrons. The van der Waals surface area contributed by atoms with Gasteiger partial charge in [0.05, 0.1) is 0 Å². The summed E-state index contributed by atoms with van der Waals surface area (Å²) >= 11 is 0. The molecule has 0 bridgehead atoms. The summed E-state index contributed by atoms with van der Waals surface area (Å²) < 4.78 is 54.2. The molecule has 1 fully saturated rings. The molecule has 0 amide bonds. The lowest BCUT2D eigenvalue weighted by atomic mass is 10.0. The maximum Gasteiger partial charge on any atom is 0.433 e. The number of halogens is 4. The Kier molecular flexibility index (Phi) is 4.89. The molecule has 1 N–H and O–H groups in total. The molecule has 1 heterocycles. The van der Waals surface area contributed by atoms with E-state index in [1.165, 1.54) is 12.1 Å². The molecule has 1 aliphatic carbocycles. The highest BCUT2D eigenvalue weighted by molar-refractivity contribution is 5.95. The van der Waals surface area contributed by atoms with Gasteiger partial charge in [0.15, 0.2) is 17.3 Å². The molecule has 3 atom stereocenters. The maximum atomic E-state index is 15.5. The van der Waals surface area contributed by atoms with Gasteiger partial charge < -0.3 is 5.11 Å². The Hall–Kier alpha value is -3.13. The summed E-state index contributed by atoms with van der Waals surface area (Å²) in [5, 5.41) is 9.23. The van der Waals surface area contributed by atoms with E-state index in [9.17, 15) is 23.1 Å². The third-order valence-corrected chi connectivity index (χ3v) is 5.33. The van der Waals surface area contributed by atoms with Gasteiger partial charge in [0, 0.05) is 23.6 Å². The van der Waals surface area contributed by atoms with Gasteiger partial charge in [0.25, 0.3) is 0 Å². The zero-order valence-corrected chi connectivity index (χ0v) is 15.5. The minimum atomic E-state index is -4.59. The molecule has 4 rings (SSSR count). The predicted octanol–water partition coefficient (Wildman–Crippen LogP) is 4.31. The molecule has 2 aromatic carbocycles. The molecule has 0 radical (unpaired) electrons. The molecule has 0 saturated heterocycles. The Labute approximate surface area is 169 Å². The number of rotatable bonds is 5. The minimum absolute atomic E-state index is 0.107. The van der Waals surface area contributed by atoms with Crippen LogP contribution in [0, 0.1) is 0 Å². The number of carbonyl (C=O) groups is 1. The second-order valence-electron chi connectivity index (χ2n) is 7.10. The smallest absolute Gasteiger partial charge is 0.388 e. The van der Waals surface area contributed by atoms with Crippen LogP contribution in [0.4, 0.5) is 17.6 Å². The Morgan fingerprint density at radius 3 is 2.13 bits per heavy atom. The fourth-order valence-corrected chi connectivity index (χ4v) is 3.85. The van der Waals surface area contributed by atoms with Crippen LogP contribution in [0.1, 0.15) is 28.7 Å². The number of benzene rings is 2. The summed E-state index contributed by atoms with van der Waals surface area (Å²) in [6.07, 6.45) is -3.56. The van der Waals surface area contributed by atoms with Crippen LogP contribution in [0.2, 0.25) is 0 Å². The number of aliphatic hydroxyl groups is 1. The van der Waals surface area contributed by atoms with Crippen molar-refractivity contribution >= 4 is 5.78 Å². The Morgan fingerprint density at radius 2 is 1.57 bits per heavy atom. The van der Waals surface area contributed by atoms with Gasteiger partial charge >= 0.3 is 6.18 Å². The zero-order valence-electron chi connectivity index (χ0n) is 15.5. The highest BCUT2D eigenvalue weighted by atomic mass is 19.4. The molecule has 0 aliphatic heterocycles. The van der Waals surface area contributed by atoms with Gasteiger partial charge in [-0.1, -0.05) is 54.6 Å². The van der Waals surface area contributed by atoms with Crippen LogP contribution in [0.5, 0.6) is 0 Å². The second-order valence-corrected chi connectivity index (χ2v) is 7.10. The van der Waals surface area contributed by atoms with Gasteiger partial charge in [-0.25, -0.2) is 14.4 Å². The van der Waals surface area contributed by atoms with Crippen LogP contribution in [-0.2, 0) is 11.0 Å². The van der Waals surface area contributed by atoms with Crippen LogP contribution in [0.25, 0.3) is 11.4 Å². The number of alkyl halides is 4. The topological polar surface area (TPSA) is 63.1 Å². The van der Waals surface area contributed by atoms with Gasteiger partial charge in [0.1, 0.15) is 12.3 Å². The largest absolute Gasteiger partial charge is 0.433 e. The van der Waals surface area contributed by atoms with Gasteiger partial charge in [-0.3, -0.25) is 4.79 Å². The van der Waals surface area contributed by atoms with E-state index in [1.807, 2.05) is 0 Å². The fourth-order valence-electron chi connectivity index (χ4n) is 3.85. The van der Waals surface area contributed by atoms with E-state index in [2.05, 4.69) is 9.97 Å². The Morgan fingerprint density at radius 1 is 0.967 bits per heavy atom. The molecular weight excluding hydrogens is 400 g/mol. The highest BCUT2D eigenvalue weighted by Gasteiger charge is 2.71. The Bertz CT molecular complexity index is 1070.